The number of aryl methyl sites for hydroxylation is 1. The molecule has 0 aliphatic rings. The molecule has 12 heavy (non-hydrogen) atoms. The molecule has 0 fully saturated rings. The Bertz CT molecular complexity index is 383. The molecule has 0 N–H and O–H groups in total. The number of hydrogen-bond acceptors (Lipinski definition) is 1. The van der Waals surface area contributed by atoms with Gasteiger partial charge >= 0.3 is 0 Å². The van der Waals surface area contributed by atoms with Crippen LogP contribution in [0.2, 0.25) is 0 Å². The normalized spacial score (nSPS) is 10.5. The molecule has 0 unspecified atom stereocenters. The predicted octanol–water partition coefficient (Wildman–Crippen LogP) is 3.15. The highest BCUT2D eigenvalue weighted by Gasteiger charge is 1.99. The van der Waals surface area contributed by atoms with E-state index in [2.05, 4.69) is 52.7 Å². The summed E-state index contributed by atoms with van der Waals surface area (Å²) < 4.78 is 1.27. The molecule has 0 aliphatic carbocycles. The van der Waals surface area contributed by atoms with E-state index in [9.17, 15) is 0 Å². The lowest BCUT2D eigenvalue weighted by Gasteiger charge is -2.01. The van der Waals surface area contributed by atoms with Crippen LogP contribution in [0.5, 0.6) is 0 Å². The highest BCUT2D eigenvalue weighted by atomic mass is 127. The number of halogens is 1. The Morgan fingerprint density at radius 1 is 1.25 bits per heavy atom. The van der Waals surface area contributed by atoms with Gasteiger partial charge in [-0.15, -0.1) is 0 Å². The van der Waals surface area contributed by atoms with Crippen molar-refractivity contribution in [1.82, 2.24) is 4.98 Å². The second-order valence-electron chi connectivity index (χ2n) is 2.76. The van der Waals surface area contributed by atoms with Crippen LogP contribution in [-0.2, 0) is 0 Å². The van der Waals surface area contributed by atoms with Crippen LogP contribution in [-0.4, -0.2) is 4.98 Å². The minimum absolute atomic E-state index is 1.12. The van der Waals surface area contributed by atoms with Crippen molar-refractivity contribution in [2.45, 2.75) is 6.92 Å². The largest absolute Gasteiger partial charge is 0.256 e. The molecule has 0 radical (unpaired) electrons. The van der Waals surface area contributed by atoms with Gasteiger partial charge in [-0.05, 0) is 47.2 Å². The first-order valence-corrected chi connectivity index (χ1v) is 4.87. The van der Waals surface area contributed by atoms with E-state index in [1.165, 1.54) is 14.5 Å². The molecule has 2 heteroatoms. The number of nitrogens with zero attached hydrogens (tertiary/aromatic N) is 1. The molecular formula is C10H8IN. The zero-order valence-corrected chi connectivity index (χ0v) is 8.87. The van der Waals surface area contributed by atoms with Gasteiger partial charge in [0.15, 0.2) is 0 Å². The standard InChI is InChI=1S/C10H8IN/c1-7-4-5-9(11)8-3-2-6-12-10(7)8/h2-6H,1H3. The van der Waals surface area contributed by atoms with Crippen molar-refractivity contribution in [2.24, 2.45) is 0 Å². The Labute approximate surface area is 85.0 Å². The SMILES string of the molecule is Cc1ccc(I)c2cccnc12. The number of pyridine rings is 1. The average molecular weight is 269 g/mol. The summed E-state index contributed by atoms with van der Waals surface area (Å²) in [7, 11) is 0. The highest BCUT2D eigenvalue weighted by Crippen LogP contribution is 2.21. The number of benzene rings is 1. The van der Waals surface area contributed by atoms with Crippen LogP contribution in [0.3, 0.4) is 0 Å². The van der Waals surface area contributed by atoms with Gasteiger partial charge in [0.25, 0.3) is 0 Å². The fourth-order valence-electron chi connectivity index (χ4n) is 1.28. The first-order valence-electron chi connectivity index (χ1n) is 3.79. The minimum atomic E-state index is 1.12. The molecule has 2 rings (SSSR count). The number of fused-ring (bicyclic) bond motifs is 1. The lowest BCUT2D eigenvalue weighted by atomic mass is 10.1. The van der Waals surface area contributed by atoms with Crippen molar-refractivity contribution < 1.29 is 0 Å². The fourth-order valence-corrected chi connectivity index (χ4v) is 1.89. The molecule has 0 saturated heterocycles. The molecule has 60 valence electrons. The van der Waals surface area contributed by atoms with Gasteiger partial charge in [-0.3, -0.25) is 4.98 Å². The number of aromatic nitrogens is 1. The van der Waals surface area contributed by atoms with Crippen LogP contribution < -0.4 is 0 Å². The van der Waals surface area contributed by atoms with Gasteiger partial charge in [0.2, 0.25) is 0 Å². The van der Waals surface area contributed by atoms with Crippen molar-refractivity contribution in [3.63, 3.8) is 0 Å². The summed E-state index contributed by atoms with van der Waals surface area (Å²) in [4.78, 5) is 4.34. The highest BCUT2D eigenvalue weighted by molar-refractivity contribution is 14.1. The Morgan fingerprint density at radius 3 is 2.83 bits per heavy atom. The van der Waals surface area contributed by atoms with Gasteiger partial charge in [-0.2, -0.15) is 0 Å². The lowest BCUT2D eigenvalue weighted by molar-refractivity contribution is 1.36. The molecule has 0 bridgehead atoms. The van der Waals surface area contributed by atoms with Crippen LogP contribution in [0.25, 0.3) is 10.9 Å². The van der Waals surface area contributed by atoms with Crippen molar-refractivity contribution in [1.29, 1.82) is 0 Å². The summed E-state index contributed by atoms with van der Waals surface area (Å²) >= 11 is 2.33. The van der Waals surface area contributed by atoms with E-state index in [0.717, 1.165) is 5.52 Å². The molecule has 0 aliphatic heterocycles. The van der Waals surface area contributed by atoms with Gasteiger partial charge in [-0.25, -0.2) is 0 Å². The first-order chi connectivity index (χ1) is 5.79. The van der Waals surface area contributed by atoms with Crippen LogP contribution in [0.15, 0.2) is 30.5 Å². The summed E-state index contributed by atoms with van der Waals surface area (Å²) in [6.07, 6.45) is 1.84. The number of hydrogen-bond donors (Lipinski definition) is 0. The Hall–Kier alpha value is -0.640. The van der Waals surface area contributed by atoms with Crippen molar-refractivity contribution in [2.75, 3.05) is 0 Å². The van der Waals surface area contributed by atoms with E-state index < -0.39 is 0 Å². The van der Waals surface area contributed by atoms with Crippen molar-refractivity contribution in [3.8, 4) is 0 Å². The summed E-state index contributed by atoms with van der Waals surface area (Å²) in [5.41, 5.74) is 2.36. The maximum absolute atomic E-state index is 4.34. The molecule has 0 amide bonds. The molecule has 0 atom stereocenters. The average Bonchev–Trinajstić information content (AvgIpc) is 2.12. The maximum atomic E-state index is 4.34. The zero-order valence-electron chi connectivity index (χ0n) is 6.71. The third-order valence-corrected chi connectivity index (χ3v) is 2.86. The topological polar surface area (TPSA) is 12.9 Å². The lowest BCUT2D eigenvalue weighted by Crippen LogP contribution is -1.84. The second-order valence-corrected chi connectivity index (χ2v) is 3.93. The summed E-state index contributed by atoms with van der Waals surface area (Å²) in [6.45, 7) is 2.09. The van der Waals surface area contributed by atoms with Crippen molar-refractivity contribution >= 4 is 33.5 Å². The maximum Gasteiger partial charge on any atom is 0.0741 e. The van der Waals surface area contributed by atoms with Gasteiger partial charge in [0.05, 0.1) is 5.52 Å². The smallest absolute Gasteiger partial charge is 0.0741 e. The molecular weight excluding hydrogens is 261 g/mol. The van der Waals surface area contributed by atoms with Crippen molar-refractivity contribution in [3.05, 3.63) is 39.6 Å². The predicted molar refractivity (Wildman–Crippen MR) is 59.2 cm³/mol. The summed E-state index contributed by atoms with van der Waals surface area (Å²) in [6, 6.07) is 8.32. The van der Waals surface area contributed by atoms with Crippen LogP contribution in [0.4, 0.5) is 0 Å². The Kier molecular flexibility index (Phi) is 2.00. The van der Waals surface area contributed by atoms with E-state index in [0.29, 0.717) is 0 Å². The molecule has 1 aromatic carbocycles. The minimum Gasteiger partial charge on any atom is -0.256 e. The monoisotopic (exact) mass is 269 g/mol. The zero-order chi connectivity index (χ0) is 8.55. The third kappa shape index (κ3) is 1.20. The van der Waals surface area contributed by atoms with Crippen LogP contribution >= 0.6 is 22.6 Å². The molecule has 1 heterocycles. The summed E-state index contributed by atoms with van der Waals surface area (Å²) in [5, 5.41) is 1.25. The van der Waals surface area contributed by atoms with Crippen LogP contribution in [0.1, 0.15) is 5.56 Å². The van der Waals surface area contributed by atoms with Gasteiger partial charge in [-0.1, -0.05) is 12.1 Å². The quantitative estimate of drug-likeness (QED) is 0.669. The van der Waals surface area contributed by atoms with E-state index in [1.807, 2.05) is 12.3 Å². The first kappa shape index (κ1) is 7.98. The van der Waals surface area contributed by atoms with E-state index in [-0.39, 0.29) is 0 Å². The molecule has 0 saturated carbocycles. The van der Waals surface area contributed by atoms with Gasteiger partial charge in [0.1, 0.15) is 0 Å². The summed E-state index contributed by atoms with van der Waals surface area (Å²) in [5.74, 6) is 0. The second kappa shape index (κ2) is 3.01. The Morgan fingerprint density at radius 2 is 2.08 bits per heavy atom. The van der Waals surface area contributed by atoms with E-state index in [4.69, 9.17) is 0 Å². The molecule has 0 spiro atoms. The van der Waals surface area contributed by atoms with Gasteiger partial charge < -0.3 is 0 Å². The fraction of sp³-hybridized carbons (Fsp3) is 0.100. The van der Waals surface area contributed by atoms with E-state index >= 15 is 0 Å². The third-order valence-electron chi connectivity index (χ3n) is 1.92. The molecule has 2 aromatic rings. The van der Waals surface area contributed by atoms with Crippen LogP contribution in [0, 0.1) is 10.5 Å². The number of rotatable bonds is 0. The molecule has 1 nitrogen and oxygen atoms in total. The van der Waals surface area contributed by atoms with E-state index in [1.54, 1.807) is 0 Å². The van der Waals surface area contributed by atoms with Gasteiger partial charge in [0, 0.05) is 15.2 Å². The Balaban J connectivity index is 2.95. The molecule has 1 aromatic heterocycles.